The van der Waals surface area contributed by atoms with Gasteiger partial charge in [0.15, 0.2) is 0 Å². The molecule has 1 rings (SSSR count). The van der Waals surface area contributed by atoms with Gasteiger partial charge >= 0.3 is 11.9 Å². The Labute approximate surface area is 102 Å². The van der Waals surface area contributed by atoms with E-state index in [1.165, 1.54) is 6.07 Å². The van der Waals surface area contributed by atoms with Crippen LogP contribution in [0.15, 0.2) is 18.2 Å². The van der Waals surface area contributed by atoms with E-state index in [1.807, 2.05) is 0 Å². The quantitative estimate of drug-likeness (QED) is 0.675. The third-order valence-electron chi connectivity index (χ3n) is 1.40. The van der Waals surface area contributed by atoms with Crippen molar-refractivity contribution < 1.29 is 25.6 Å². The molecule has 1 nitrogen and oxygen atoms in total. The minimum atomic E-state index is -4.48. The second-order valence-corrected chi connectivity index (χ2v) is 2.72. The minimum absolute atomic E-state index is 0. The van der Waals surface area contributed by atoms with E-state index in [0.717, 1.165) is 12.1 Å². The molecule has 0 aliphatic carbocycles. The SMILES string of the molecule is C#[N+]c1ccc(Cl)cc1C(F)(F)F.Cl.[Cl-]. The van der Waals surface area contributed by atoms with Crippen LogP contribution in [0.25, 0.3) is 4.85 Å². The lowest BCUT2D eigenvalue weighted by Gasteiger charge is -2.03. The van der Waals surface area contributed by atoms with Crippen LogP contribution in [0.2, 0.25) is 5.02 Å². The van der Waals surface area contributed by atoms with Gasteiger partial charge in [-0.25, -0.2) is 0 Å². The van der Waals surface area contributed by atoms with Gasteiger partial charge in [0.1, 0.15) is 5.56 Å². The summed E-state index contributed by atoms with van der Waals surface area (Å²) in [4.78, 5) is 3.00. The Morgan fingerprint density at radius 2 is 1.80 bits per heavy atom. The zero-order valence-corrected chi connectivity index (χ0v) is 9.38. The summed E-state index contributed by atoms with van der Waals surface area (Å²) in [5.41, 5.74) is -1.25. The smallest absolute Gasteiger partial charge is 0.424 e. The second-order valence-electron chi connectivity index (χ2n) is 2.29. The molecule has 0 aliphatic heterocycles. The van der Waals surface area contributed by atoms with Crippen LogP contribution in [-0.4, -0.2) is 0 Å². The maximum Gasteiger partial charge on any atom is 0.424 e. The highest BCUT2D eigenvalue weighted by atomic mass is 35.5. The molecule has 84 valence electrons. The van der Waals surface area contributed by atoms with Gasteiger partial charge < -0.3 is 12.4 Å². The summed E-state index contributed by atoms with van der Waals surface area (Å²) in [7, 11) is 0. The van der Waals surface area contributed by atoms with E-state index in [-0.39, 0.29) is 35.5 Å². The highest BCUT2D eigenvalue weighted by Crippen LogP contribution is 2.37. The van der Waals surface area contributed by atoms with Crippen molar-refractivity contribution in [3.63, 3.8) is 0 Å². The lowest BCUT2D eigenvalue weighted by atomic mass is 10.2. The molecule has 1 aromatic rings. The molecule has 0 N–H and O–H groups in total. The van der Waals surface area contributed by atoms with Crippen LogP contribution in [0.4, 0.5) is 18.9 Å². The van der Waals surface area contributed by atoms with Crippen molar-refractivity contribution in [2.45, 2.75) is 6.18 Å². The van der Waals surface area contributed by atoms with Gasteiger partial charge in [0.05, 0.1) is 0 Å². The first kappa shape index (κ1) is 16.8. The molecular weight excluding hydrogens is 273 g/mol. The molecule has 0 aliphatic rings. The minimum Gasteiger partial charge on any atom is -1.00 e. The van der Waals surface area contributed by atoms with Crippen molar-refractivity contribution in [1.29, 1.82) is 0 Å². The van der Waals surface area contributed by atoms with Gasteiger partial charge in [0, 0.05) is 11.1 Å². The van der Waals surface area contributed by atoms with Gasteiger partial charge in [-0.3, -0.25) is 0 Å². The van der Waals surface area contributed by atoms with E-state index < -0.39 is 11.7 Å². The molecule has 0 fully saturated rings. The number of halogens is 6. The molecule has 0 aromatic heterocycles. The van der Waals surface area contributed by atoms with E-state index >= 15 is 0 Å². The zero-order chi connectivity index (χ0) is 10.1. The van der Waals surface area contributed by atoms with Crippen molar-refractivity contribution in [3.05, 3.63) is 33.6 Å². The number of hydrogen-bond donors (Lipinski definition) is 0. The van der Waals surface area contributed by atoms with Gasteiger partial charge in [-0.15, -0.1) is 12.4 Å². The Balaban J connectivity index is 0. The monoisotopic (exact) mass is 277 g/mol. The maximum absolute atomic E-state index is 12.2. The second kappa shape index (κ2) is 6.06. The summed E-state index contributed by atoms with van der Waals surface area (Å²) in [6.07, 6.45) is -4.48. The molecule has 0 bridgehead atoms. The summed E-state index contributed by atoms with van der Waals surface area (Å²) in [5.74, 6) is 0. The Hall–Kier alpha value is -0.630. The first-order valence-electron chi connectivity index (χ1n) is 3.23. The first-order chi connectivity index (χ1) is 5.95. The summed E-state index contributed by atoms with van der Waals surface area (Å²) < 4.78 is 36.7. The van der Waals surface area contributed by atoms with Gasteiger partial charge in [-0.05, 0) is 17.0 Å². The molecule has 0 heterocycles. The number of nitrogens with zero attached hydrogens (tertiary/aromatic N) is 1. The Morgan fingerprint density at radius 1 is 1.27 bits per heavy atom. The van der Waals surface area contributed by atoms with E-state index in [1.54, 1.807) is 0 Å². The van der Waals surface area contributed by atoms with Crippen molar-refractivity contribution >= 4 is 29.7 Å². The summed E-state index contributed by atoms with van der Waals surface area (Å²) in [5, 5.41) is -0.000255. The van der Waals surface area contributed by atoms with Crippen LogP contribution in [0.5, 0.6) is 0 Å². The van der Waals surface area contributed by atoms with E-state index in [9.17, 15) is 13.2 Å². The maximum atomic E-state index is 12.2. The zero-order valence-electron chi connectivity index (χ0n) is 7.05. The molecule has 7 heteroatoms. The largest absolute Gasteiger partial charge is 1.00 e. The van der Waals surface area contributed by atoms with Crippen LogP contribution in [-0.2, 0) is 6.18 Å². The van der Waals surface area contributed by atoms with E-state index in [2.05, 4.69) is 4.85 Å². The van der Waals surface area contributed by atoms with E-state index in [4.69, 9.17) is 18.2 Å². The highest BCUT2D eigenvalue weighted by Gasteiger charge is 2.37. The van der Waals surface area contributed by atoms with Crippen LogP contribution < -0.4 is 12.4 Å². The fourth-order valence-corrected chi connectivity index (χ4v) is 1.02. The Bertz CT molecular complexity index is 370. The molecule has 0 saturated heterocycles. The summed E-state index contributed by atoms with van der Waals surface area (Å²) in [6, 6.07) is 3.20. The van der Waals surface area contributed by atoms with Crippen molar-refractivity contribution in [2.75, 3.05) is 0 Å². The number of rotatable bonds is 0. The third-order valence-corrected chi connectivity index (χ3v) is 1.64. The molecule has 0 saturated carbocycles. The standard InChI is InChI=1S/C8H4ClF3N.2ClH/c1-13-7-3-2-5(9)4-6(7)8(10,11)12;;/h1-4H;2*1H/q+1;;/p-1. The van der Waals surface area contributed by atoms with Crippen LogP contribution in [0, 0.1) is 6.57 Å². The molecule has 0 radical (unpaired) electrons. The number of alkyl halides is 3. The predicted octanol–water partition coefficient (Wildman–Crippen LogP) is 1.38. The Kier molecular flexibility index (Phi) is 6.78. The molecule has 1 aromatic carbocycles. The summed E-state index contributed by atoms with van der Waals surface area (Å²) >= 11 is 5.40. The predicted molar refractivity (Wildman–Crippen MR) is 51.7 cm³/mol. The molecule has 0 atom stereocenters. The molecule has 0 spiro atoms. The van der Waals surface area contributed by atoms with Crippen molar-refractivity contribution in [3.8, 4) is 6.57 Å². The van der Waals surface area contributed by atoms with Crippen molar-refractivity contribution in [2.24, 2.45) is 0 Å². The fourth-order valence-electron chi connectivity index (χ4n) is 0.848. The molecular formula is C8H5Cl3F3N. The van der Waals surface area contributed by atoms with Crippen LogP contribution in [0.3, 0.4) is 0 Å². The number of hydrogen-bond acceptors (Lipinski definition) is 0. The lowest BCUT2D eigenvalue weighted by Crippen LogP contribution is -3.00. The number of benzene rings is 1. The molecule has 0 unspecified atom stereocenters. The van der Waals surface area contributed by atoms with Gasteiger partial charge in [0.2, 0.25) is 0 Å². The highest BCUT2D eigenvalue weighted by molar-refractivity contribution is 6.30. The topological polar surface area (TPSA) is 4.36 Å². The van der Waals surface area contributed by atoms with Crippen LogP contribution >= 0.6 is 24.0 Å². The molecule has 0 amide bonds. The first-order valence-corrected chi connectivity index (χ1v) is 3.60. The fraction of sp³-hybridized carbons (Fsp3) is 0.125. The normalized spacial score (nSPS) is 9.53. The van der Waals surface area contributed by atoms with Crippen molar-refractivity contribution in [1.82, 2.24) is 0 Å². The van der Waals surface area contributed by atoms with E-state index in [0.29, 0.717) is 0 Å². The Morgan fingerprint density at radius 3 is 2.20 bits per heavy atom. The summed E-state index contributed by atoms with van der Waals surface area (Å²) in [6.45, 7) is 4.78. The van der Waals surface area contributed by atoms with Gasteiger partial charge in [0.25, 0.3) is 6.57 Å². The van der Waals surface area contributed by atoms with Crippen LogP contribution in [0.1, 0.15) is 5.56 Å². The molecule has 15 heavy (non-hydrogen) atoms. The lowest BCUT2D eigenvalue weighted by molar-refractivity contribution is -0.136. The third kappa shape index (κ3) is 4.17. The van der Waals surface area contributed by atoms with Gasteiger partial charge in [-0.1, -0.05) is 11.6 Å². The van der Waals surface area contributed by atoms with Gasteiger partial charge in [-0.2, -0.15) is 13.2 Å². The average molecular weight is 278 g/mol. The average Bonchev–Trinajstić information content (AvgIpc) is 2.03.